The molecule has 164 valence electrons. The predicted molar refractivity (Wildman–Crippen MR) is 117 cm³/mol. The van der Waals surface area contributed by atoms with E-state index in [-0.39, 0.29) is 0 Å². The number of alkyl halides is 1. The van der Waals surface area contributed by atoms with Gasteiger partial charge in [-0.25, -0.2) is 9.59 Å². The van der Waals surface area contributed by atoms with Gasteiger partial charge in [0, 0.05) is 18.0 Å². The summed E-state index contributed by atoms with van der Waals surface area (Å²) in [6, 6.07) is 0. The van der Waals surface area contributed by atoms with Gasteiger partial charge in [-0.05, 0) is 19.3 Å². The molecule has 0 aliphatic rings. The second-order valence-electron chi connectivity index (χ2n) is 7.31. The monoisotopic (exact) mass is 416 g/mol. The molecule has 0 aliphatic heterocycles. The zero-order valence-electron chi connectivity index (χ0n) is 17.9. The Kier molecular flexibility index (Phi) is 21.4. The lowest BCUT2D eigenvalue weighted by Crippen LogP contribution is -2.06. The van der Waals surface area contributed by atoms with E-state index >= 15 is 0 Å². The summed E-state index contributed by atoms with van der Waals surface area (Å²) in [5.41, 5.74) is 0. The number of carbonyl (C=O) groups excluding carboxylic acids is 2. The van der Waals surface area contributed by atoms with Crippen LogP contribution in [0.15, 0.2) is 12.2 Å². The Morgan fingerprint density at radius 3 is 1.36 bits per heavy atom. The summed E-state index contributed by atoms with van der Waals surface area (Å²) < 4.78 is 10.2. The molecule has 0 heterocycles. The van der Waals surface area contributed by atoms with Crippen LogP contribution in [0.5, 0.6) is 0 Å². The number of halogens is 1. The van der Waals surface area contributed by atoms with Gasteiger partial charge in [-0.2, -0.15) is 0 Å². The van der Waals surface area contributed by atoms with E-state index in [0.717, 1.165) is 50.1 Å². The molecule has 0 bridgehead atoms. The molecule has 5 heteroatoms. The highest BCUT2D eigenvalue weighted by atomic mass is 35.5. The summed E-state index contributed by atoms with van der Waals surface area (Å²) in [4.78, 5) is 23.1. The third kappa shape index (κ3) is 21.3. The van der Waals surface area contributed by atoms with Gasteiger partial charge in [-0.15, -0.1) is 11.6 Å². The lowest BCUT2D eigenvalue weighted by Gasteiger charge is -2.03. The van der Waals surface area contributed by atoms with Gasteiger partial charge < -0.3 is 9.47 Å². The van der Waals surface area contributed by atoms with Crippen molar-refractivity contribution in [3.63, 3.8) is 0 Å². The number of hydrogen-bond acceptors (Lipinski definition) is 4. The van der Waals surface area contributed by atoms with Gasteiger partial charge in [0.05, 0.1) is 13.2 Å². The molecule has 4 nitrogen and oxygen atoms in total. The minimum atomic E-state index is -0.478. The van der Waals surface area contributed by atoms with Gasteiger partial charge in [0.1, 0.15) is 0 Å². The van der Waals surface area contributed by atoms with E-state index in [1.54, 1.807) is 0 Å². The molecule has 0 aromatic carbocycles. The standard InChI is InChI=1S/C23H41ClO4/c1-2-3-4-5-9-12-15-20-27-22(25)17-18-23(26)28-21-16-13-10-7-6-8-11-14-19-24/h17-18H,2-16,19-21H2,1H3/b18-17+. The van der Waals surface area contributed by atoms with E-state index in [0.29, 0.717) is 13.2 Å². The molecule has 0 aliphatic carbocycles. The topological polar surface area (TPSA) is 52.6 Å². The SMILES string of the molecule is CCCCCCCCCOC(=O)/C=C/C(=O)OCCCCCCCCCCCl. The maximum Gasteiger partial charge on any atom is 0.331 e. The molecule has 0 rings (SSSR count). The number of ether oxygens (including phenoxy) is 2. The van der Waals surface area contributed by atoms with Crippen molar-refractivity contribution in [2.45, 2.75) is 103 Å². The maximum absolute atomic E-state index is 11.6. The highest BCUT2D eigenvalue weighted by Crippen LogP contribution is 2.09. The summed E-state index contributed by atoms with van der Waals surface area (Å²) in [5.74, 6) is -0.192. The van der Waals surface area contributed by atoms with Crippen molar-refractivity contribution in [1.29, 1.82) is 0 Å². The van der Waals surface area contributed by atoms with Crippen LogP contribution < -0.4 is 0 Å². The van der Waals surface area contributed by atoms with Crippen LogP contribution in [-0.2, 0) is 19.1 Å². The Morgan fingerprint density at radius 2 is 0.964 bits per heavy atom. The van der Waals surface area contributed by atoms with E-state index in [2.05, 4.69) is 6.92 Å². The van der Waals surface area contributed by atoms with E-state index in [4.69, 9.17) is 21.1 Å². The van der Waals surface area contributed by atoms with Crippen molar-refractivity contribution in [1.82, 2.24) is 0 Å². The quantitative estimate of drug-likeness (QED) is 0.0953. The largest absolute Gasteiger partial charge is 0.463 e. The molecule has 0 aromatic heterocycles. The summed E-state index contributed by atoms with van der Waals surface area (Å²) in [6.45, 7) is 3.03. The van der Waals surface area contributed by atoms with Crippen molar-refractivity contribution >= 4 is 23.5 Å². The zero-order valence-corrected chi connectivity index (χ0v) is 18.6. The molecule has 0 saturated heterocycles. The Hall–Kier alpha value is -1.03. The van der Waals surface area contributed by atoms with Gasteiger partial charge in [0.25, 0.3) is 0 Å². The number of unbranched alkanes of at least 4 members (excludes halogenated alkanes) is 13. The molecule has 28 heavy (non-hydrogen) atoms. The van der Waals surface area contributed by atoms with E-state index in [9.17, 15) is 9.59 Å². The molecule has 0 unspecified atom stereocenters. The molecule has 0 fully saturated rings. The number of esters is 2. The molecule has 0 amide bonds. The van der Waals surface area contributed by atoms with Gasteiger partial charge in [-0.1, -0.05) is 84.0 Å². The van der Waals surface area contributed by atoms with Gasteiger partial charge in [0.2, 0.25) is 0 Å². The Balaban J connectivity index is 3.43. The van der Waals surface area contributed by atoms with Crippen LogP contribution in [0.3, 0.4) is 0 Å². The normalized spacial score (nSPS) is 11.1. The fourth-order valence-corrected chi connectivity index (χ4v) is 3.08. The number of rotatable bonds is 20. The maximum atomic E-state index is 11.6. The van der Waals surface area contributed by atoms with Crippen molar-refractivity contribution in [2.24, 2.45) is 0 Å². The molecule has 0 aromatic rings. The fraction of sp³-hybridized carbons (Fsp3) is 0.826. The minimum absolute atomic E-state index is 0.405. The minimum Gasteiger partial charge on any atom is -0.463 e. The van der Waals surface area contributed by atoms with Crippen LogP contribution in [0.25, 0.3) is 0 Å². The molecular weight excluding hydrogens is 376 g/mol. The molecular formula is C23H41ClO4. The van der Waals surface area contributed by atoms with Gasteiger partial charge in [0.15, 0.2) is 0 Å². The summed E-state index contributed by atoms with van der Waals surface area (Å²) in [5, 5.41) is 0. The van der Waals surface area contributed by atoms with E-state index in [1.165, 1.54) is 64.2 Å². The highest BCUT2D eigenvalue weighted by molar-refractivity contribution is 6.17. The summed E-state index contributed by atoms with van der Waals surface area (Å²) in [7, 11) is 0. The molecule has 0 atom stereocenters. The molecule has 0 radical (unpaired) electrons. The first kappa shape index (κ1) is 27.0. The van der Waals surface area contributed by atoms with Crippen molar-refractivity contribution in [2.75, 3.05) is 19.1 Å². The summed E-state index contributed by atoms with van der Waals surface area (Å²) >= 11 is 5.64. The third-order valence-electron chi connectivity index (χ3n) is 4.62. The Bertz CT molecular complexity index is 396. The van der Waals surface area contributed by atoms with Crippen LogP contribution in [0.2, 0.25) is 0 Å². The van der Waals surface area contributed by atoms with E-state index in [1.807, 2.05) is 0 Å². The molecule has 0 spiro atoms. The third-order valence-corrected chi connectivity index (χ3v) is 4.89. The van der Waals surface area contributed by atoms with Crippen LogP contribution in [-0.4, -0.2) is 31.0 Å². The van der Waals surface area contributed by atoms with Crippen LogP contribution in [0.1, 0.15) is 103 Å². The average molecular weight is 417 g/mol. The summed E-state index contributed by atoms with van der Waals surface area (Å²) in [6.07, 6.45) is 19.7. The lowest BCUT2D eigenvalue weighted by atomic mass is 10.1. The van der Waals surface area contributed by atoms with Gasteiger partial charge >= 0.3 is 11.9 Å². The average Bonchev–Trinajstić information content (AvgIpc) is 2.69. The Labute approximate surface area is 177 Å². The highest BCUT2D eigenvalue weighted by Gasteiger charge is 2.01. The predicted octanol–water partition coefficient (Wildman–Crippen LogP) is 6.74. The lowest BCUT2D eigenvalue weighted by molar-refractivity contribution is -0.140. The van der Waals surface area contributed by atoms with Crippen LogP contribution in [0.4, 0.5) is 0 Å². The van der Waals surface area contributed by atoms with Gasteiger partial charge in [-0.3, -0.25) is 0 Å². The smallest absolute Gasteiger partial charge is 0.331 e. The van der Waals surface area contributed by atoms with E-state index < -0.39 is 11.9 Å². The van der Waals surface area contributed by atoms with Crippen molar-refractivity contribution < 1.29 is 19.1 Å². The van der Waals surface area contributed by atoms with Crippen molar-refractivity contribution in [3.8, 4) is 0 Å². The molecule has 0 N–H and O–H groups in total. The van der Waals surface area contributed by atoms with Crippen LogP contribution >= 0.6 is 11.6 Å². The second kappa shape index (κ2) is 22.3. The first-order valence-electron chi connectivity index (χ1n) is 11.3. The number of hydrogen-bond donors (Lipinski definition) is 0. The first-order chi connectivity index (χ1) is 13.7. The van der Waals surface area contributed by atoms with Crippen molar-refractivity contribution in [3.05, 3.63) is 12.2 Å². The number of carbonyl (C=O) groups is 2. The van der Waals surface area contributed by atoms with Crippen LogP contribution in [0, 0.1) is 0 Å². The first-order valence-corrected chi connectivity index (χ1v) is 11.8. The second-order valence-corrected chi connectivity index (χ2v) is 7.69. The Morgan fingerprint density at radius 1 is 0.607 bits per heavy atom. The zero-order chi connectivity index (χ0) is 20.7. The molecule has 0 saturated carbocycles. The fourth-order valence-electron chi connectivity index (χ4n) is 2.89.